The van der Waals surface area contributed by atoms with E-state index in [2.05, 4.69) is 5.32 Å². The second-order valence-corrected chi connectivity index (χ2v) is 7.17. The fourth-order valence-corrected chi connectivity index (χ4v) is 3.49. The average Bonchev–Trinajstić information content (AvgIpc) is 3.49. The van der Waals surface area contributed by atoms with E-state index in [0.29, 0.717) is 39.1 Å². The van der Waals surface area contributed by atoms with Crippen LogP contribution in [0, 0.1) is 11.8 Å². The Balaban J connectivity index is 1.38. The van der Waals surface area contributed by atoms with E-state index in [9.17, 15) is 14.4 Å². The Hall–Kier alpha value is -2.57. The molecule has 2 unspecified atom stereocenters. The summed E-state index contributed by atoms with van der Waals surface area (Å²) in [6.45, 7) is 4.37. The third-order valence-corrected chi connectivity index (χ3v) is 5.35. The van der Waals surface area contributed by atoms with Crippen LogP contribution in [0.5, 0.6) is 5.75 Å². The van der Waals surface area contributed by atoms with Crippen molar-refractivity contribution < 1.29 is 19.1 Å². The average molecular weight is 373 g/mol. The van der Waals surface area contributed by atoms with Crippen LogP contribution in [0.2, 0.25) is 0 Å². The van der Waals surface area contributed by atoms with Crippen LogP contribution in [-0.2, 0) is 20.8 Å². The van der Waals surface area contributed by atoms with Gasteiger partial charge in [0.1, 0.15) is 5.75 Å². The summed E-state index contributed by atoms with van der Waals surface area (Å²) in [7, 11) is 1.63. The first-order chi connectivity index (χ1) is 13.0. The summed E-state index contributed by atoms with van der Waals surface area (Å²) >= 11 is 0. The van der Waals surface area contributed by atoms with Crippen molar-refractivity contribution in [3.63, 3.8) is 0 Å². The third kappa shape index (κ3) is 4.78. The zero-order chi connectivity index (χ0) is 19.4. The molecule has 146 valence electrons. The number of carbonyl (C=O) groups excluding carboxylic acids is 3. The van der Waals surface area contributed by atoms with E-state index >= 15 is 0 Å². The minimum atomic E-state index is -0.209. The summed E-state index contributed by atoms with van der Waals surface area (Å²) in [5, 5.41) is 2.94. The minimum absolute atomic E-state index is 0.0377. The third-order valence-electron chi connectivity index (χ3n) is 5.35. The Morgan fingerprint density at radius 3 is 2.26 bits per heavy atom. The van der Waals surface area contributed by atoms with E-state index in [1.807, 2.05) is 24.3 Å². The smallest absolute Gasteiger partial charge is 0.226 e. The number of methoxy groups -OCH3 is 1. The van der Waals surface area contributed by atoms with Crippen LogP contribution >= 0.6 is 0 Å². The Morgan fingerprint density at radius 2 is 1.67 bits per heavy atom. The first-order valence-corrected chi connectivity index (χ1v) is 9.44. The monoisotopic (exact) mass is 373 g/mol. The van der Waals surface area contributed by atoms with Crippen molar-refractivity contribution >= 4 is 17.7 Å². The lowest BCUT2D eigenvalue weighted by atomic mass is 10.1. The van der Waals surface area contributed by atoms with Crippen molar-refractivity contribution in [2.24, 2.45) is 11.8 Å². The zero-order valence-corrected chi connectivity index (χ0v) is 15.9. The number of carbonyl (C=O) groups is 3. The number of amides is 3. The molecule has 0 bridgehead atoms. The number of hydrogen-bond donors (Lipinski definition) is 1. The lowest BCUT2D eigenvalue weighted by Crippen LogP contribution is -2.50. The molecule has 1 saturated carbocycles. The van der Waals surface area contributed by atoms with Crippen molar-refractivity contribution in [1.82, 2.24) is 15.1 Å². The lowest BCUT2D eigenvalue weighted by Gasteiger charge is -2.34. The maximum Gasteiger partial charge on any atom is 0.226 e. The van der Waals surface area contributed by atoms with E-state index in [1.54, 1.807) is 23.8 Å². The van der Waals surface area contributed by atoms with Crippen LogP contribution < -0.4 is 10.1 Å². The first kappa shape index (κ1) is 19.2. The molecule has 1 heterocycles. The van der Waals surface area contributed by atoms with E-state index in [0.717, 1.165) is 17.7 Å². The highest BCUT2D eigenvalue weighted by Gasteiger charge is 2.49. The lowest BCUT2D eigenvalue weighted by molar-refractivity contribution is -0.140. The topological polar surface area (TPSA) is 79.0 Å². The number of ether oxygens (including phenoxy) is 1. The highest BCUT2D eigenvalue weighted by atomic mass is 16.5. The zero-order valence-electron chi connectivity index (χ0n) is 15.9. The van der Waals surface area contributed by atoms with Crippen molar-refractivity contribution in [3.05, 3.63) is 29.8 Å². The molecule has 1 aromatic rings. The van der Waals surface area contributed by atoms with Gasteiger partial charge in [-0.2, -0.15) is 0 Å². The number of piperazine rings is 1. The van der Waals surface area contributed by atoms with E-state index in [1.165, 1.54) is 0 Å². The fraction of sp³-hybridized carbons (Fsp3) is 0.550. The predicted molar refractivity (Wildman–Crippen MR) is 100 cm³/mol. The van der Waals surface area contributed by atoms with Crippen molar-refractivity contribution in [3.8, 4) is 5.75 Å². The molecule has 2 fully saturated rings. The molecule has 1 aliphatic carbocycles. The molecule has 1 saturated heterocycles. The molecule has 1 N–H and O–H groups in total. The van der Waals surface area contributed by atoms with E-state index < -0.39 is 0 Å². The number of nitrogens with one attached hydrogen (secondary N) is 1. The van der Waals surface area contributed by atoms with Crippen LogP contribution in [0.25, 0.3) is 0 Å². The van der Waals surface area contributed by atoms with Gasteiger partial charge in [0, 0.05) is 39.6 Å². The second kappa shape index (κ2) is 8.41. The number of benzene rings is 1. The molecular weight excluding hydrogens is 346 g/mol. The van der Waals surface area contributed by atoms with E-state index in [4.69, 9.17) is 4.74 Å². The number of hydrogen-bond acceptors (Lipinski definition) is 4. The maximum absolute atomic E-state index is 12.5. The molecular formula is C20H27N3O4. The van der Waals surface area contributed by atoms with Gasteiger partial charge >= 0.3 is 0 Å². The van der Waals surface area contributed by atoms with Crippen LogP contribution in [0.1, 0.15) is 18.9 Å². The normalized spacial score (nSPS) is 21.6. The predicted octanol–water partition coefficient (Wildman–Crippen LogP) is 0.681. The van der Waals surface area contributed by atoms with Crippen molar-refractivity contribution in [2.45, 2.75) is 19.8 Å². The molecule has 7 heteroatoms. The summed E-state index contributed by atoms with van der Waals surface area (Å²) in [5.41, 5.74) is 1.13. The molecule has 3 rings (SSSR count). The van der Waals surface area contributed by atoms with Crippen LogP contribution in [0.3, 0.4) is 0 Å². The highest BCUT2D eigenvalue weighted by molar-refractivity contribution is 5.92. The largest absolute Gasteiger partial charge is 0.497 e. The SMILES string of the molecule is COc1ccc(CCNC(=O)C2CC2C(=O)N2CCN(C(C)=O)CC2)cc1. The Kier molecular flexibility index (Phi) is 5.98. The van der Waals surface area contributed by atoms with Gasteiger partial charge in [-0.05, 0) is 30.5 Å². The highest BCUT2D eigenvalue weighted by Crippen LogP contribution is 2.40. The maximum atomic E-state index is 12.5. The van der Waals surface area contributed by atoms with Gasteiger partial charge in [0.2, 0.25) is 17.7 Å². The van der Waals surface area contributed by atoms with E-state index in [-0.39, 0.29) is 29.6 Å². The van der Waals surface area contributed by atoms with Crippen LogP contribution in [0.15, 0.2) is 24.3 Å². The molecule has 7 nitrogen and oxygen atoms in total. The van der Waals surface area contributed by atoms with Gasteiger partial charge in [0.05, 0.1) is 18.9 Å². The summed E-state index contributed by atoms with van der Waals surface area (Å²) in [5.74, 6) is 0.459. The standard InChI is InChI=1S/C20H27N3O4/c1-14(24)22-9-11-23(12-10-22)20(26)18-13-17(18)19(25)21-8-7-15-3-5-16(27-2)6-4-15/h3-6,17-18H,7-13H2,1-2H3,(H,21,25). The fourth-order valence-electron chi connectivity index (χ4n) is 3.49. The van der Waals surface area contributed by atoms with Gasteiger partial charge in [-0.15, -0.1) is 0 Å². The molecule has 27 heavy (non-hydrogen) atoms. The van der Waals surface area contributed by atoms with Gasteiger partial charge in [-0.1, -0.05) is 12.1 Å². The van der Waals surface area contributed by atoms with Gasteiger partial charge in [0.15, 0.2) is 0 Å². The number of nitrogens with zero attached hydrogens (tertiary/aromatic N) is 2. The summed E-state index contributed by atoms with van der Waals surface area (Å²) < 4.78 is 5.13. The van der Waals surface area contributed by atoms with Gasteiger partial charge < -0.3 is 19.9 Å². The summed E-state index contributed by atoms with van der Waals surface area (Å²) in [4.78, 5) is 39.7. The van der Waals surface area contributed by atoms with Crippen LogP contribution in [0.4, 0.5) is 0 Å². The summed E-state index contributed by atoms with van der Waals surface area (Å²) in [6.07, 6.45) is 1.37. The molecule has 0 spiro atoms. The Labute approximate surface area is 159 Å². The van der Waals surface area contributed by atoms with Crippen molar-refractivity contribution in [2.75, 3.05) is 39.8 Å². The molecule has 2 aliphatic rings. The minimum Gasteiger partial charge on any atom is -0.497 e. The molecule has 0 aromatic heterocycles. The van der Waals surface area contributed by atoms with Gasteiger partial charge in [-0.3, -0.25) is 14.4 Å². The quantitative estimate of drug-likeness (QED) is 0.795. The first-order valence-electron chi connectivity index (χ1n) is 9.44. The Morgan fingerprint density at radius 1 is 1.04 bits per heavy atom. The molecule has 3 amide bonds. The second-order valence-electron chi connectivity index (χ2n) is 7.17. The molecule has 1 aliphatic heterocycles. The summed E-state index contributed by atoms with van der Waals surface area (Å²) in [6, 6.07) is 7.77. The molecule has 0 radical (unpaired) electrons. The molecule has 2 atom stereocenters. The van der Waals surface area contributed by atoms with Gasteiger partial charge in [0.25, 0.3) is 0 Å². The van der Waals surface area contributed by atoms with Gasteiger partial charge in [-0.25, -0.2) is 0 Å². The van der Waals surface area contributed by atoms with Crippen LogP contribution in [-0.4, -0.2) is 67.4 Å². The molecule has 1 aromatic carbocycles. The Bertz CT molecular complexity index is 696. The number of rotatable bonds is 6. The van der Waals surface area contributed by atoms with Crippen molar-refractivity contribution in [1.29, 1.82) is 0 Å².